The van der Waals surface area contributed by atoms with Gasteiger partial charge in [-0.2, -0.15) is 5.10 Å². The molecule has 2 aromatic carbocycles. The minimum Gasteiger partial charge on any atom is -0.348 e. The van der Waals surface area contributed by atoms with Crippen LogP contribution < -0.4 is 5.32 Å². The van der Waals surface area contributed by atoms with Crippen molar-refractivity contribution in [1.29, 1.82) is 0 Å². The highest BCUT2D eigenvalue weighted by Gasteiger charge is 2.20. The van der Waals surface area contributed by atoms with Gasteiger partial charge in [0.05, 0.1) is 10.6 Å². The molecule has 9 heteroatoms. The third-order valence-electron chi connectivity index (χ3n) is 3.98. The lowest BCUT2D eigenvalue weighted by molar-refractivity contribution is 0.0950. The minimum absolute atomic E-state index is 0.104. The van der Waals surface area contributed by atoms with Gasteiger partial charge in [-0.3, -0.25) is 4.79 Å². The van der Waals surface area contributed by atoms with E-state index in [0.717, 1.165) is 9.99 Å². The molecule has 0 bridgehead atoms. The third kappa shape index (κ3) is 4.04. The van der Waals surface area contributed by atoms with Crippen LogP contribution in [0.5, 0.6) is 0 Å². The molecule has 27 heavy (non-hydrogen) atoms. The van der Waals surface area contributed by atoms with E-state index in [0.29, 0.717) is 11.1 Å². The molecular formula is C18H19N5O3S. The van der Waals surface area contributed by atoms with E-state index in [1.807, 2.05) is 0 Å². The number of carbonyl (C=O) groups is 1. The SMILES string of the molecule is CN(C)S(=O)(=O)c1ccccc1CNC(=O)c1ccc(-n2cncn2)cc1. The van der Waals surface area contributed by atoms with Crippen molar-refractivity contribution in [2.45, 2.75) is 11.4 Å². The highest BCUT2D eigenvalue weighted by Crippen LogP contribution is 2.18. The number of carbonyl (C=O) groups excluding carboxylic acids is 1. The van der Waals surface area contributed by atoms with Crippen molar-refractivity contribution in [2.75, 3.05) is 14.1 Å². The van der Waals surface area contributed by atoms with E-state index < -0.39 is 10.0 Å². The Morgan fingerprint density at radius 1 is 1.11 bits per heavy atom. The summed E-state index contributed by atoms with van der Waals surface area (Å²) in [5.41, 5.74) is 1.78. The van der Waals surface area contributed by atoms with Gasteiger partial charge in [-0.1, -0.05) is 18.2 Å². The first kappa shape index (κ1) is 18.7. The summed E-state index contributed by atoms with van der Waals surface area (Å²) in [6, 6.07) is 13.5. The van der Waals surface area contributed by atoms with Crippen molar-refractivity contribution in [3.63, 3.8) is 0 Å². The van der Waals surface area contributed by atoms with Gasteiger partial charge in [-0.05, 0) is 35.9 Å². The molecule has 1 aromatic heterocycles. The number of nitrogens with one attached hydrogen (secondary N) is 1. The van der Waals surface area contributed by atoms with Crippen LogP contribution in [0.3, 0.4) is 0 Å². The molecule has 1 heterocycles. The van der Waals surface area contributed by atoms with Crippen LogP contribution in [0, 0.1) is 0 Å². The molecule has 0 radical (unpaired) electrons. The van der Waals surface area contributed by atoms with Crippen LogP contribution in [-0.4, -0.2) is 47.5 Å². The Bertz CT molecular complexity index is 1030. The summed E-state index contributed by atoms with van der Waals surface area (Å²) in [4.78, 5) is 16.5. The molecule has 1 N–H and O–H groups in total. The maximum Gasteiger partial charge on any atom is 0.251 e. The number of hydrogen-bond acceptors (Lipinski definition) is 5. The van der Waals surface area contributed by atoms with Gasteiger partial charge in [0, 0.05) is 26.2 Å². The van der Waals surface area contributed by atoms with Crippen LogP contribution in [0.25, 0.3) is 5.69 Å². The summed E-state index contributed by atoms with van der Waals surface area (Å²) in [6.07, 6.45) is 3.00. The van der Waals surface area contributed by atoms with Crippen molar-refractivity contribution in [2.24, 2.45) is 0 Å². The fraction of sp³-hybridized carbons (Fsp3) is 0.167. The van der Waals surface area contributed by atoms with Crippen molar-refractivity contribution in [1.82, 2.24) is 24.4 Å². The fourth-order valence-electron chi connectivity index (χ4n) is 2.48. The molecule has 3 rings (SSSR count). The molecule has 0 spiro atoms. The topological polar surface area (TPSA) is 97.2 Å². The normalized spacial score (nSPS) is 11.5. The molecule has 3 aromatic rings. The first-order chi connectivity index (χ1) is 12.9. The third-order valence-corrected chi connectivity index (χ3v) is 5.90. The predicted molar refractivity (Wildman–Crippen MR) is 99.8 cm³/mol. The lowest BCUT2D eigenvalue weighted by atomic mass is 10.1. The van der Waals surface area contributed by atoms with E-state index in [1.54, 1.807) is 53.5 Å². The molecule has 1 amide bonds. The second-order valence-corrected chi connectivity index (χ2v) is 8.09. The Balaban J connectivity index is 1.73. The Kier molecular flexibility index (Phi) is 5.33. The number of aromatic nitrogens is 3. The smallest absolute Gasteiger partial charge is 0.251 e. The largest absolute Gasteiger partial charge is 0.348 e. The highest BCUT2D eigenvalue weighted by atomic mass is 32.2. The van der Waals surface area contributed by atoms with Crippen molar-refractivity contribution in [3.05, 3.63) is 72.3 Å². The Hall–Kier alpha value is -3.04. The van der Waals surface area contributed by atoms with Crippen molar-refractivity contribution in [3.8, 4) is 5.69 Å². The van der Waals surface area contributed by atoms with E-state index in [-0.39, 0.29) is 17.3 Å². The van der Waals surface area contributed by atoms with Gasteiger partial charge in [0.15, 0.2) is 0 Å². The number of amides is 1. The van der Waals surface area contributed by atoms with Crippen LogP contribution in [-0.2, 0) is 16.6 Å². The van der Waals surface area contributed by atoms with E-state index in [9.17, 15) is 13.2 Å². The van der Waals surface area contributed by atoms with Gasteiger partial charge in [0.1, 0.15) is 12.7 Å². The summed E-state index contributed by atoms with van der Waals surface area (Å²) in [7, 11) is -0.637. The molecule has 8 nitrogen and oxygen atoms in total. The zero-order chi connectivity index (χ0) is 19.4. The van der Waals surface area contributed by atoms with Crippen molar-refractivity contribution >= 4 is 15.9 Å². The number of benzene rings is 2. The monoisotopic (exact) mass is 385 g/mol. The van der Waals surface area contributed by atoms with Gasteiger partial charge in [-0.25, -0.2) is 22.4 Å². The van der Waals surface area contributed by atoms with Gasteiger partial charge < -0.3 is 5.32 Å². The van der Waals surface area contributed by atoms with Crippen LogP contribution >= 0.6 is 0 Å². The second-order valence-electron chi connectivity index (χ2n) is 5.96. The lowest BCUT2D eigenvalue weighted by Gasteiger charge is -2.15. The molecule has 0 saturated carbocycles. The number of sulfonamides is 1. The second kappa shape index (κ2) is 7.68. The maximum absolute atomic E-state index is 12.4. The molecule has 0 aliphatic heterocycles. The first-order valence-electron chi connectivity index (χ1n) is 8.13. The molecule has 140 valence electrons. The van der Waals surface area contributed by atoms with E-state index in [2.05, 4.69) is 15.4 Å². The Labute approximate surface area is 157 Å². The van der Waals surface area contributed by atoms with Crippen LogP contribution in [0.15, 0.2) is 66.1 Å². The summed E-state index contributed by atoms with van der Waals surface area (Å²) in [6.45, 7) is 0.104. The number of nitrogens with zero attached hydrogens (tertiary/aromatic N) is 4. The number of rotatable bonds is 6. The fourth-order valence-corrected chi connectivity index (χ4v) is 3.60. The molecule has 0 saturated heterocycles. The molecule has 0 fully saturated rings. The Morgan fingerprint density at radius 3 is 2.44 bits per heavy atom. The average molecular weight is 385 g/mol. The van der Waals surface area contributed by atoms with Crippen LogP contribution in [0.2, 0.25) is 0 Å². The van der Waals surface area contributed by atoms with Crippen LogP contribution in [0.1, 0.15) is 15.9 Å². The molecule has 0 aliphatic carbocycles. The molecule has 0 unspecified atom stereocenters. The van der Waals surface area contributed by atoms with Crippen molar-refractivity contribution < 1.29 is 13.2 Å². The molecule has 0 aliphatic rings. The maximum atomic E-state index is 12.4. The quantitative estimate of drug-likeness (QED) is 0.693. The molecular weight excluding hydrogens is 366 g/mol. The minimum atomic E-state index is -3.58. The van der Waals surface area contributed by atoms with Gasteiger partial charge in [0.2, 0.25) is 10.0 Å². The average Bonchev–Trinajstić information content (AvgIpc) is 3.21. The summed E-state index contributed by atoms with van der Waals surface area (Å²) < 4.78 is 27.6. The van der Waals surface area contributed by atoms with Gasteiger partial charge >= 0.3 is 0 Å². The highest BCUT2D eigenvalue weighted by molar-refractivity contribution is 7.89. The summed E-state index contributed by atoms with van der Waals surface area (Å²) >= 11 is 0. The standard InChI is InChI=1S/C18H19N5O3S/c1-22(2)27(25,26)17-6-4-3-5-15(17)11-20-18(24)14-7-9-16(10-8-14)23-13-19-12-21-23/h3-10,12-13H,11H2,1-2H3,(H,20,24). The van der Waals surface area contributed by atoms with Crippen LogP contribution in [0.4, 0.5) is 0 Å². The van der Waals surface area contributed by atoms with E-state index >= 15 is 0 Å². The summed E-state index contributed by atoms with van der Waals surface area (Å²) in [5, 5.41) is 6.79. The van der Waals surface area contributed by atoms with Gasteiger partial charge in [0.25, 0.3) is 5.91 Å². The van der Waals surface area contributed by atoms with E-state index in [4.69, 9.17) is 0 Å². The first-order valence-corrected chi connectivity index (χ1v) is 9.57. The number of hydrogen-bond donors (Lipinski definition) is 1. The lowest BCUT2D eigenvalue weighted by Crippen LogP contribution is -2.27. The van der Waals surface area contributed by atoms with E-state index in [1.165, 1.54) is 26.5 Å². The summed E-state index contributed by atoms with van der Waals surface area (Å²) in [5.74, 6) is -0.294. The molecule has 0 atom stereocenters. The van der Waals surface area contributed by atoms with Gasteiger partial charge in [-0.15, -0.1) is 0 Å². The predicted octanol–water partition coefficient (Wildman–Crippen LogP) is 1.45. The Morgan fingerprint density at radius 2 is 1.81 bits per heavy atom. The zero-order valence-corrected chi connectivity index (χ0v) is 15.7. The zero-order valence-electron chi connectivity index (χ0n) is 14.9.